The van der Waals surface area contributed by atoms with Crippen molar-refractivity contribution < 1.29 is 0 Å². The number of hydrogen-bond donors (Lipinski definition) is 1. The fourth-order valence-electron chi connectivity index (χ4n) is 1.08. The molecule has 0 aromatic heterocycles. The van der Waals surface area contributed by atoms with Gasteiger partial charge in [-0.1, -0.05) is 32.4 Å². The van der Waals surface area contributed by atoms with Crippen LogP contribution in [0, 0.1) is 5.92 Å². The minimum absolute atomic E-state index is 0.546. The lowest BCUT2D eigenvalue weighted by Gasteiger charge is -2.18. The molecule has 0 radical (unpaired) electrons. The molecule has 66 valence electrons. The molecule has 1 nitrogen and oxygen atoms in total. The Hall–Kier alpha value is -0.300. The van der Waals surface area contributed by atoms with Crippen LogP contribution in [-0.4, -0.2) is 12.6 Å². The van der Waals surface area contributed by atoms with Gasteiger partial charge < -0.3 is 5.32 Å². The van der Waals surface area contributed by atoms with E-state index >= 15 is 0 Å². The summed E-state index contributed by atoms with van der Waals surface area (Å²) in [6.45, 7) is 12.0. The molecular formula is C10H21N. The van der Waals surface area contributed by atoms with Crippen molar-refractivity contribution in [3.63, 3.8) is 0 Å². The van der Waals surface area contributed by atoms with Crippen molar-refractivity contribution in [3.05, 3.63) is 11.6 Å². The summed E-state index contributed by atoms with van der Waals surface area (Å²) >= 11 is 0. The van der Waals surface area contributed by atoms with Gasteiger partial charge in [0.25, 0.3) is 0 Å². The van der Waals surface area contributed by atoms with Crippen LogP contribution in [-0.2, 0) is 0 Å². The number of rotatable bonds is 4. The zero-order valence-electron chi connectivity index (χ0n) is 8.44. The van der Waals surface area contributed by atoms with E-state index in [1.165, 1.54) is 5.57 Å². The van der Waals surface area contributed by atoms with Crippen LogP contribution in [0.15, 0.2) is 11.6 Å². The maximum absolute atomic E-state index is 3.44. The van der Waals surface area contributed by atoms with E-state index in [0.29, 0.717) is 12.0 Å². The topological polar surface area (TPSA) is 12.0 Å². The van der Waals surface area contributed by atoms with E-state index in [-0.39, 0.29) is 0 Å². The third kappa shape index (κ3) is 5.02. The maximum Gasteiger partial charge on any atom is 0.0275 e. The Kier molecular flexibility index (Phi) is 5.22. The first kappa shape index (κ1) is 10.7. The molecule has 0 aliphatic carbocycles. The molecule has 0 rings (SSSR count). The van der Waals surface area contributed by atoms with E-state index in [9.17, 15) is 0 Å². The van der Waals surface area contributed by atoms with Crippen molar-refractivity contribution >= 4 is 0 Å². The first-order valence-corrected chi connectivity index (χ1v) is 4.46. The normalized spacial score (nSPS) is 13.3. The summed E-state index contributed by atoms with van der Waals surface area (Å²) in [7, 11) is 0. The molecule has 1 unspecified atom stereocenters. The quantitative estimate of drug-likeness (QED) is 0.615. The van der Waals surface area contributed by atoms with Crippen molar-refractivity contribution in [3.8, 4) is 0 Å². The second kappa shape index (κ2) is 5.36. The molecule has 0 bridgehead atoms. The van der Waals surface area contributed by atoms with Crippen LogP contribution in [0.1, 0.15) is 34.6 Å². The molecule has 1 N–H and O–H groups in total. The molecule has 0 amide bonds. The standard InChI is InChI=1S/C10H21N/c1-6-11-10(9(4)5)7-8(2)3/h7,9-11H,6H2,1-5H3. The highest BCUT2D eigenvalue weighted by Gasteiger charge is 2.07. The number of allylic oxidation sites excluding steroid dienone is 1. The molecule has 11 heavy (non-hydrogen) atoms. The second-order valence-corrected chi connectivity index (χ2v) is 3.57. The Morgan fingerprint density at radius 3 is 2.18 bits per heavy atom. The zero-order valence-corrected chi connectivity index (χ0v) is 8.44. The number of nitrogens with one attached hydrogen (secondary N) is 1. The van der Waals surface area contributed by atoms with Gasteiger partial charge in [0.05, 0.1) is 0 Å². The predicted molar refractivity (Wildman–Crippen MR) is 51.7 cm³/mol. The van der Waals surface area contributed by atoms with Gasteiger partial charge in [-0.15, -0.1) is 0 Å². The van der Waals surface area contributed by atoms with Crippen LogP contribution in [0.5, 0.6) is 0 Å². The van der Waals surface area contributed by atoms with Crippen molar-refractivity contribution in [2.24, 2.45) is 5.92 Å². The fourth-order valence-corrected chi connectivity index (χ4v) is 1.08. The van der Waals surface area contributed by atoms with Crippen LogP contribution in [0.3, 0.4) is 0 Å². The smallest absolute Gasteiger partial charge is 0.0275 e. The zero-order chi connectivity index (χ0) is 8.85. The van der Waals surface area contributed by atoms with Crippen molar-refractivity contribution in [2.45, 2.75) is 40.7 Å². The summed E-state index contributed by atoms with van der Waals surface area (Å²) in [5.41, 5.74) is 1.39. The van der Waals surface area contributed by atoms with Gasteiger partial charge in [0, 0.05) is 6.04 Å². The Morgan fingerprint density at radius 1 is 1.36 bits per heavy atom. The maximum atomic E-state index is 3.44. The minimum atomic E-state index is 0.546. The van der Waals surface area contributed by atoms with Crippen LogP contribution >= 0.6 is 0 Å². The summed E-state index contributed by atoms with van der Waals surface area (Å²) in [6, 6.07) is 0.546. The molecule has 0 spiro atoms. The molecule has 0 aromatic carbocycles. The summed E-state index contributed by atoms with van der Waals surface area (Å²) in [5, 5.41) is 3.44. The lowest BCUT2D eigenvalue weighted by molar-refractivity contribution is 0.473. The Labute approximate surface area is 70.9 Å². The molecular weight excluding hydrogens is 134 g/mol. The van der Waals surface area contributed by atoms with Crippen LogP contribution in [0.4, 0.5) is 0 Å². The average molecular weight is 155 g/mol. The molecule has 0 fully saturated rings. The van der Waals surface area contributed by atoms with Gasteiger partial charge in [-0.3, -0.25) is 0 Å². The molecule has 0 aliphatic heterocycles. The molecule has 0 aromatic rings. The van der Waals surface area contributed by atoms with Gasteiger partial charge in [-0.2, -0.15) is 0 Å². The van der Waals surface area contributed by atoms with E-state index in [1.54, 1.807) is 0 Å². The van der Waals surface area contributed by atoms with Crippen molar-refractivity contribution in [2.75, 3.05) is 6.54 Å². The highest BCUT2D eigenvalue weighted by Crippen LogP contribution is 2.05. The Balaban J connectivity index is 4.00. The van der Waals surface area contributed by atoms with Gasteiger partial charge in [-0.25, -0.2) is 0 Å². The number of hydrogen-bond acceptors (Lipinski definition) is 1. The monoisotopic (exact) mass is 155 g/mol. The molecule has 1 atom stereocenters. The molecule has 0 saturated carbocycles. The number of likely N-dealkylation sites (N-methyl/N-ethyl adjacent to an activating group) is 1. The lowest BCUT2D eigenvalue weighted by Crippen LogP contribution is -2.31. The molecule has 0 aliphatic rings. The van der Waals surface area contributed by atoms with E-state index in [2.05, 4.69) is 46.0 Å². The van der Waals surface area contributed by atoms with Crippen LogP contribution in [0.25, 0.3) is 0 Å². The van der Waals surface area contributed by atoms with Crippen LogP contribution < -0.4 is 5.32 Å². The second-order valence-electron chi connectivity index (χ2n) is 3.57. The third-order valence-electron chi connectivity index (χ3n) is 1.67. The summed E-state index contributed by atoms with van der Waals surface area (Å²) in [6.07, 6.45) is 2.30. The van der Waals surface area contributed by atoms with Gasteiger partial charge in [0.2, 0.25) is 0 Å². The SMILES string of the molecule is CCNC(C=C(C)C)C(C)C. The highest BCUT2D eigenvalue weighted by atomic mass is 14.9. The van der Waals surface area contributed by atoms with Gasteiger partial charge in [0.15, 0.2) is 0 Å². The van der Waals surface area contributed by atoms with E-state index in [0.717, 1.165) is 6.54 Å². The van der Waals surface area contributed by atoms with E-state index in [1.807, 2.05) is 0 Å². The summed E-state index contributed by atoms with van der Waals surface area (Å²) < 4.78 is 0. The Bertz CT molecular complexity index is 121. The first-order valence-electron chi connectivity index (χ1n) is 4.46. The summed E-state index contributed by atoms with van der Waals surface area (Å²) in [5.74, 6) is 0.685. The molecule has 0 saturated heterocycles. The van der Waals surface area contributed by atoms with Crippen molar-refractivity contribution in [1.82, 2.24) is 5.32 Å². The lowest BCUT2D eigenvalue weighted by atomic mass is 10.0. The van der Waals surface area contributed by atoms with Gasteiger partial charge in [0.1, 0.15) is 0 Å². The summed E-state index contributed by atoms with van der Waals surface area (Å²) in [4.78, 5) is 0. The molecule has 0 heterocycles. The third-order valence-corrected chi connectivity index (χ3v) is 1.67. The first-order chi connectivity index (χ1) is 5.07. The minimum Gasteiger partial charge on any atom is -0.311 e. The Morgan fingerprint density at radius 2 is 1.91 bits per heavy atom. The predicted octanol–water partition coefficient (Wildman–Crippen LogP) is 2.59. The fraction of sp³-hybridized carbons (Fsp3) is 0.800. The van der Waals surface area contributed by atoms with Gasteiger partial charge in [-0.05, 0) is 26.3 Å². The van der Waals surface area contributed by atoms with E-state index in [4.69, 9.17) is 0 Å². The van der Waals surface area contributed by atoms with E-state index < -0.39 is 0 Å². The van der Waals surface area contributed by atoms with Gasteiger partial charge >= 0.3 is 0 Å². The molecule has 1 heteroatoms. The average Bonchev–Trinajstić information content (AvgIpc) is 1.86. The highest BCUT2D eigenvalue weighted by molar-refractivity contribution is 5.01. The van der Waals surface area contributed by atoms with Crippen molar-refractivity contribution in [1.29, 1.82) is 0 Å². The van der Waals surface area contributed by atoms with Crippen LogP contribution in [0.2, 0.25) is 0 Å². The largest absolute Gasteiger partial charge is 0.311 e.